The van der Waals surface area contributed by atoms with Gasteiger partial charge in [-0.2, -0.15) is 0 Å². The van der Waals surface area contributed by atoms with Gasteiger partial charge in [0.15, 0.2) is 17.8 Å². The van der Waals surface area contributed by atoms with Crippen LogP contribution in [0, 0.1) is 5.92 Å². The highest BCUT2D eigenvalue weighted by Crippen LogP contribution is 2.29. The number of rotatable bonds is 3. The third-order valence-corrected chi connectivity index (χ3v) is 4.91. The average Bonchev–Trinajstić information content (AvgIpc) is 3.09. The van der Waals surface area contributed by atoms with Gasteiger partial charge in [-0.25, -0.2) is 0 Å². The van der Waals surface area contributed by atoms with Crippen LogP contribution in [0.1, 0.15) is 31.2 Å². The van der Waals surface area contributed by atoms with Crippen LogP contribution in [0.2, 0.25) is 0 Å². The van der Waals surface area contributed by atoms with E-state index in [-0.39, 0.29) is 17.9 Å². The van der Waals surface area contributed by atoms with E-state index in [1.54, 1.807) is 12.4 Å². The largest absolute Gasteiger partial charge is 0.453 e. The first-order valence-electron chi connectivity index (χ1n) is 8.20. The van der Waals surface area contributed by atoms with Gasteiger partial charge >= 0.3 is 5.97 Å². The summed E-state index contributed by atoms with van der Waals surface area (Å²) >= 11 is 0. The van der Waals surface area contributed by atoms with E-state index < -0.39 is 18.0 Å². The van der Waals surface area contributed by atoms with Gasteiger partial charge < -0.3 is 10.1 Å². The minimum Gasteiger partial charge on any atom is -0.453 e. The summed E-state index contributed by atoms with van der Waals surface area (Å²) in [6, 6.07) is 4.14. The van der Waals surface area contributed by atoms with Gasteiger partial charge in [-0.05, 0) is 30.5 Å². The van der Waals surface area contributed by atoms with E-state index >= 15 is 0 Å². The minimum absolute atomic E-state index is 0.184. The SMILES string of the molecule is O=C1OC(Cc2ccncc2)C(=O)C1C1=NC2CCCCC2N1. The molecule has 0 spiro atoms. The van der Waals surface area contributed by atoms with Crippen LogP contribution in [0.5, 0.6) is 0 Å². The number of carbonyl (C=O) groups is 2. The van der Waals surface area contributed by atoms with Crippen LogP contribution >= 0.6 is 0 Å². The van der Waals surface area contributed by atoms with Crippen LogP contribution in [-0.4, -0.2) is 40.8 Å². The normalized spacial score (nSPS) is 33.0. The average molecular weight is 313 g/mol. The van der Waals surface area contributed by atoms with E-state index in [0.717, 1.165) is 24.8 Å². The predicted octanol–water partition coefficient (Wildman–Crippen LogP) is 1.05. The minimum atomic E-state index is -0.868. The lowest BCUT2D eigenvalue weighted by molar-refractivity contribution is -0.143. The molecule has 2 aliphatic heterocycles. The zero-order chi connectivity index (χ0) is 15.8. The fourth-order valence-electron chi connectivity index (χ4n) is 3.69. The number of cyclic esters (lactones) is 1. The van der Waals surface area contributed by atoms with E-state index in [4.69, 9.17) is 4.74 Å². The van der Waals surface area contributed by atoms with Gasteiger partial charge in [-0.15, -0.1) is 0 Å². The summed E-state index contributed by atoms with van der Waals surface area (Å²) in [5.74, 6) is -1.00. The van der Waals surface area contributed by atoms with Crippen molar-refractivity contribution in [1.82, 2.24) is 10.3 Å². The number of nitrogens with one attached hydrogen (secondary N) is 1. The number of Topliss-reactive ketones (excluding diaryl/α,β-unsaturated/α-hetero) is 1. The van der Waals surface area contributed by atoms with Gasteiger partial charge in [0.2, 0.25) is 0 Å². The van der Waals surface area contributed by atoms with Gasteiger partial charge in [0.1, 0.15) is 5.84 Å². The monoisotopic (exact) mass is 313 g/mol. The molecule has 3 heterocycles. The molecule has 4 atom stereocenters. The zero-order valence-electron chi connectivity index (χ0n) is 12.8. The van der Waals surface area contributed by atoms with Crippen molar-refractivity contribution >= 4 is 17.6 Å². The van der Waals surface area contributed by atoms with Gasteiger partial charge in [0.05, 0.1) is 6.04 Å². The van der Waals surface area contributed by atoms with Crippen molar-refractivity contribution in [3.8, 4) is 0 Å². The third kappa shape index (κ3) is 2.62. The Morgan fingerprint density at radius 2 is 1.96 bits per heavy atom. The molecule has 0 bridgehead atoms. The Balaban J connectivity index is 1.50. The number of esters is 1. The molecule has 0 aromatic carbocycles. The molecule has 4 unspecified atom stereocenters. The number of fused-ring (bicyclic) bond motifs is 1. The Morgan fingerprint density at radius 1 is 1.17 bits per heavy atom. The molecule has 4 rings (SSSR count). The molecule has 3 aliphatic rings. The number of hydrogen-bond acceptors (Lipinski definition) is 6. The lowest BCUT2D eigenvalue weighted by atomic mass is 9.92. The molecule has 1 aliphatic carbocycles. The first-order chi connectivity index (χ1) is 11.2. The molecule has 1 aromatic heterocycles. The van der Waals surface area contributed by atoms with Crippen LogP contribution in [0.25, 0.3) is 0 Å². The van der Waals surface area contributed by atoms with Crippen molar-refractivity contribution in [2.75, 3.05) is 0 Å². The summed E-state index contributed by atoms with van der Waals surface area (Å²) in [4.78, 5) is 33.4. The second kappa shape index (κ2) is 5.76. The Morgan fingerprint density at radius 3 is 2.74 bits per heavy atom. The molecule has 1 saturated carbocycles. The Labute approximate surface area is 134 Å². The molecule has 6 nitrogen and oxygen atoms in total. The standard InChI is InChI=1S/C17H19N3O3/c21-15-13(9-10-5-7-18-8-6-10)23-17(22)14(15)16-19-11-3-1-2-4-12(11)20-16/h5-8,11-14H,1-4,9H2,(H,19,20). The number of ether oxygens (including phenoxy) is 1. The summed E-state index contributed by atoms with van der Waals surface area (Å²) in [5.41, 5.74) is 0.932. The Bertz CT molecular complexity index is 658. The number of aliphatic imine (C=N–C) groups is 1. The second-order valence-electron chi connectivity index (χ2n) is 6.44. The smallest absolute Gasteiger partial charge is 0.325 e. The highest BCUT2D eigenvalue weighted by Gasteiger charge is 2.49. The lowest BCUT2D eigenvalue weighted by Crippen LogP contribution is -2.41. The second-order valence-corrected chi connectivity index (χ2v) is 6.44. The van der Waals surface area contributed by atoms with Gasteiger partial charge in [-0.1, -0.05) is 12.8 Å². The quantitative estimate of drug-likeness (QED) is 0.666. The summed E-state index contributed by atoms with van der Waals surface area (Å²) in [6.45, 7) is 0. The van der Waals surface area contributed by atoms with E-state index in [9.17, 15) is 9.59 Å². The molecule has 2 fully saturated rings. The summed E-state index contributed by atoms with van der Waals surface area (Å²) < 4.78 is 5.33. The van der Waals surface area contributed by atoms with Crippen LogP contribution in [0.4, 0.5) is 0 Å². The van der Waals surface area contributed by atoms with Crippen molar-refractivity contribution < 1.29 is 14.3 Å². The van der Waals surface area contributed by atoms with E-state index in [0.29, 0.717) is 12.3 Å². The zero-order valence-corrected chi connectivity index (χ0v) is 12.8. The number of nitrogens with zero attached hydrogens (tertiary/aromatic N) is 2. The number of hydrogen-bond donors (Lipinski definition) is 1. The van der Waals surface area contributed by atoms with Crippen molar-refractivity contribution in [3.63, 3.8) is 0 Å². The predicted molar refractivity (Wildman–Crippen MR) is 82.9 cm³/mol. The molecule has 120 valence electrons. The fraction of sp³-hybridized carbons (Fsp3) is 0.529. The summed E-state index contributed by atoms with van der Waals surface area (Å²) in [7, 11) is 0. The van der Waals surface area contributed by atoms with E-state index in [2.05, 4.69) is 15.3 Å². The first kappa shape index (κ1) is 14.4. The molecule has 1 saturated heterocycles. The van der Waals surface area contributed by atoms with Crippen molar-refractivity contribution in [2.24, 2.45) is 10.9 Å². The maximum absolute atomic E-state index is 12.6. The van der Waals surface area contributed by atoms with Gasteiger partial charge in [0, 0.05) is 24.9 Å². The van der Waals surface area contributed by atoms with Crippen LogP contribution in [-0.2, 0) is 20.7 Å². The molecule has 23 heavy (non-hydrogen) atoms. The maximum atomic E-state index is 12.6. The number of ketones is 1. The van der Waals surface area contributed by atoms with Crippen LogP contribution in [0.15, 0.2) is 29.5 Å². The van der Waals surface area contributed by atoms with E-state index in [1.165, 1.54) is 6.42 Å². The van der Waals surface area contributed by atoms with Gasteiger partial charge in [0.25, 0.3) is 0 Å². The molecule has 0 amide bonds. The first-order valence-corrected chi connectivity index (χ1v) is 8.20. The maximum Gasteiger partial charge on any atom is 0.325 e. The van der Waals surface area contributed by atoms with Crippen molar-refractivity contribution in [1.29, 1.82) is 0 Å². The third-order valence-electron chi connectivity index (χ3n) is 4.91. The van der Waals surface area contributed by atoms with E-state index in [1.807, 2.05) is 12.1 Å². The number of amidine groups is 1. The summed E-state index contributed by atoms with van der Waals surface area (Å²) in [6.07, 6.45) is 7.41. The molecular weight excluding hydrogens is 294 g/mol. The molecule has 1 aromatic rings. The Kier molecular flexibility index (Phi) is 3.59. The molecular formula is C17H19N3O3. The highest BCUT2D eigenvalue weighted by molar-refractivity contribution is 6.23. The van der Waals surface area contributed by atoms with Crippen molar-refractivity contribution in [3.05, 3.63) is 30.1 Å². The number of pyridine rings is 1. The van der Waals surface area contributed by atoms with Crippen molar-refractivity contribution in [2.45, 2.75) is 50.3 Å². The molecule has 6 heteroatoms. The van der Waals surface area contributed by atoms with Gasteiger partial charge in [-0.3, -0.25) is 19.6 Å². The number of aromatic nitrogens is 1. The Hall–Kier alpha value is -2.24. The summed E-state index contributed by atoms with van der Waals surface area (Å²) in [5, 5.41) is 3.30. The number of carbonyl (C=O) groups excluding carboxylic acids is 2. The topological polar surface area (TPSA) is 80.7 Å². The van der Waals surface area contributed by atoms with Crippen LogP contribution < -0.4 is 5.32 Å². The lowest BCUT2D eigenvalue weighted by Gasteiger charge is -2.23. The van der Waals surface area contributed by atoms with Crippen LogP contribution in [0.3, 0.4) is 0 Å². The highest BCUT2D eigenvalue weighted by atomic mass is 16.6. The molecule has 1 N–H and O–H groups in total. The molecule has 0 radical (unpaired) electrons. The fourth-order valence-corrected chi connectivity index (χ4v) is 3.69.